The van der Waals surface area contributed by atoms with Gasteiger partial charge in [0.15, 0.2) is 5.69 Å². The van der Waals surface area contributed by atoms with Gasteiger partial charge >= 0.3 is 12.1 Å². The topological polar surface area (TPSA) is 83.6 Å². The first-order valence-electron chi connectivity index (χ1n) is 6.07. The van der Waals surface area contributed by atoms with E-state index in [-0.39, 0.29) is 18.1 Å². The molecule has 0 spiro atoms. The fourth-order valence-corrected chi connectivity index (χ4v) is 1.87. The number of halogens is 3. The number of alkyl halides is 3. The molecule has 0 bridgehead atoms. The molecule has 1 N–H and O–H groups in total. The fraction of sp³-hybridized carbons (Fsp3) is 0.455. The van der Waals surface area contributed by atoms with Gasteiger partial charge in [0.2, 0.25) is 0 Å². The summed E-state index contributed by atoms with van der Waals surface area (Å²) < 4.78 is 39.7. The third-order valence-corrected chi connectivity index (χ3v) is 2.67. The number of hydrogen-bond acceptors (Lipinski definition) is 5. The molecule has 0 saturated carbocycles. The average molecular weight is 303 g/mol. The van der Waals surface area contributed by atoms with Gasteiger partial charge in [0.05, 0.1) is 0 Å². The summed E-state index contributed by atoms with van der Waals surface area (Å²) in [4.78, 5) is 19.2. The number of carboxylic acids is 1. The summed E-state index contributed by atoms with van der Waals surface area (Å²) in [7, 11) is 0. The van der Waals surface area contributed by atoms with Gasteiger partial charge in [-0.25, -0.2) is 4.98 Å². The summed E-state index contributed by atoms with van der Waals surface area (Å²) in [6.45, 7) is 1.62. The number of carbonyl (C=O) groups is 1. The van der Waals surface area contributed by atoms with E-state index < -0.39 is 24.4 Å². The molecule has 0 fully saturated rings. The van der Waals surface area contributed by atoms with Crippen molar-refractivity contribution in [1.82, 2.24) is 19.6 Å². The minimum atomic E-state index is -4.65. The molecule has 0 saturated heterocycles. The maximum atomic E-state index is 12.9. The van der Waals surface area contributed by atoms with Gasteiger partial charge in [0, 0.05) is 12.6 Å². The first-order chi connectivity index (χ1) is 9.82. The highest BCUT2D eigenvalue weighted by Gasteiger charge is 2.34. The van der Waals surface area contributed by atoms with Gasteiger partial charge in [-0.2, -0.15) is 27.8 Å². The number of anilines is 1. The highest BCUT2D eigenvalue weighted by Crippen LogP contribution is 2.30. The SMILES string of the molecule is CCCN(CC(=O)O)c1cc(C(F)(F)F)nc2ncnn12. The Morgan fingerprint density at radius 3 is 2.76 bits per heavy atom. The normalized spacial score (nSPS) is 11.8. The van der Waals surface area contributed by atoms with Crippen molar-refractivity contribution in [2.75, 3.05) is 18.0 Å². The van der Waals surface area contributed by atoms with Crippen LogP contribution in [0.15, 0.2) is 12.4 Å². The van der Waals surface area contributed by atoms with Crippen LogP contribution < -0.4 is 4.90 Å². The number of carboxylic acid groups (broad SMARTS) is 1. The standard InChI is InChI=1S/C11H12F3N5O2/c1-2-3-18(5-9(20)21)8-4-7(11(12,13)14)17-10-15-6-16-19(8)10/h4,6H,2-3,5H2,1H3,(H,20,21). The lowest BCUT2D eigenvalue weighted by atomic mass is 10.3. The molecule has 2 aromatic heterocycles. The Labute approximate surface area is 117 Å². The van der Waals surface area contributed by atoms with Crippen molar-refractivity contribution in [3.05, 3.63) is 18.1 Å². The third kappa shape index (κ3) is 3.20. The number of rotatable bonds is 5. The van der Waals surface area contributed by atoms with Crippen LogP contribution in [0, 0.1) is 0 Å². The molecule has 7 nitrogen and oxygen atoms in total. The summed E-state index contributed by atoms with van der Waals surface area (Å²) in [5.41, 5.74) is -1.13. The Morgan fingerprint density at radius 1 is 1.48 bits per heavy atom. The van der Waals surface area contributed by atoms with Gasteiger partial charge in [-0.3, -0.25) is 4.79 Å². The zero-order valence-corrected chi connectivity index (χ0v) is 11.0. The predicted molar refractivity (Wildman–Crippen MR) is 65.9 cm³/mol. The Kier molecular flexibility index (Phi) is 3.96. The molecule has 114 valence electrons. The molecule has 2 aromatic rings. The van der Waals surface area contributed by atoms with Crippen molar-refractivity contribution < 1.29 is 23.1 Å². The fourth-order valence-electron chi connectivity index (χ4n) is 1.87. The van der Waals surface area contributed by atoms with Gasteiger partial charge in [0.25, 0.3) is 5.78 Å². The van der Waals surface area contributed by atoms with Crippen LogP contribution in [0.2, 0.25) is 0 Å². The number of aliphatic carboxylic acids is 1. The first kappa shape index (κ1) is 15.0. The molecule has 10 heteroatoms. The van der Waals surface area contributed by atoms with Crippen molar-refractivity contribution in [3.63, 3.8) is 0 Å². The maximum Gasteiger partial charge on any atom is 0.433 e. The average Bonchev–Trinajstić information content (AvgIpc) is 2.83. The van der Waals surface area contributed by atoms with E-state index in [4.69, 9.17) is 5.11 Å². The molecule has 0 aromatic carbocycles. The summed E-state index contributed by atoms with van der Waals surface area (Å²) in [6.07, 6.45) is -3.02. The van der Waals surface area contributed by atoms with Crippen molar-refractivity contribution in [2.24, 2.45) is 0 Å². The number of aromatic nitrogens is 4. The van der Waals surface area contributed by atoms with Crippen molar-refractivity contribution in [3.8, 4) is 0 Å². The zero-order chi connectivity index (χ0) is 15.6. The van der Waals surface area contributed by atoms with Crippen LogP contribution in [0.5, 0.6) is 0 Å². The van der Waals surface area contributed by atoms with E-state index in [0.29, 0.717) is 6.42 Å². The first-order valence-corrected chi connectivity index (χ1v) is 6.07. The lowest BCUT2D eigenvalue weighted by Crippen LogP contribution is -2.32. The van der Waals surface area contributed by atoms with Crippen LogP contribution in [0.1, 0.15) is 19.0 Å². The molecule has 0 aliphatic carbocycles. The van der Waals surface area contributed by atoms with Crippen LogP contribution in [0.4, 0.5) is 19.0 Å². The second kappa shape index (κ2) is 5.54. The molecule has 2 heterocycles. The molecular formula is C11H12F3N5O2. The van der Waals surface area contributed by atoms with Gasteiger partial charge < -0.3 is 10.0 Å². The zero-order valence-electron chi connectivity index (χ0n) is 11.0. The number of fused-ring (bicyclic) bond motifs is 1. The van der Waals surface area contributed by atoms with Crippen molar-refractivity contribution >= 4 is 17.6 Å². The quantitative estimate of drug-likeness (QED) is 0.900. The van der Waals surface area contributed by atoms with E-state index in [2.05, 4.69) is 15.1 Å². The van der Waals surface area contributed by atoms with Crippen molar-refractivity contribution in [1.29, 1.82) is 0 Å². The molecule has 2 rings (SSSR count). The molecular weight excluding hydrogens is 291 g/mol. The smallest absolute Gasteiger partial charge is 0.433 e. The van der Waals surface area contributed by atoms with Crippen molar-refractivity contribution in [2.45, 2.75) is 19.5 Å². The molecule has 0 unspecified atom stereocenters. The highest BCUT2D eigenvalue weighted by molar-refractivity contribution is 5.73. The van der Waals surface area contributed by atoms with Crippen LogP contribution in [-0.4, -0.2) is 43.7 Å². The van der Waals surface area contributed by atoms with E-state index >= 15 is 0 Å². The van der Waals surface area contributed by atoms with Gasteiger partial charge in [-0.05, 0) is 6.42 Å². The van der Waals surface area contributed by atoms with E-state index in [1.165, 1.54) is 4.90 Å². The Bertz CT molecular complexity index is 655. The summed E-state index contributed by atoms with van der Waals surface area (Å²) in [5.74, 6) is -1.39. The maximum absolute atomic E-state index is 12.9. The minimum absolute atomic E-state index is 0.00549. The second-order valence-corrected chi connectivity index (χ2v) is 4.28. The third-order valence-electron chi connectivity index (χ3n) is 2.67. The van der Waals surface area contributed by atoms with E-state index in [1.807, 2.05) is 0 Å². The molecule has 0 aliphatic heterocycles. The predicted octanol–water partition coefficient (Wildman–Crippen LogP) is 1.44. The molecule has 0 amide bonds. The lowest BCUT2D eigenvalue weighted by molar-refractivity contribution is -0.141. The highest BCUT2D eigenvalue weighted by atomic mass is 19.4. The molecule has 0 aliphatic rings. The molecule has 21 heavy (non-hydrogen) atoms. The van der Waals surface area contributed by atoms with E-state index in [9.17, 15) is 18.0 Å². The van der Waals surface area contributed by atoms with Crippen LogP contribution >= 0.6 is 0 Å². The largest absolute Gasteiger partial charge is 0.480 e. The summed E-state index contributed by atoms with van der Waals surface area (Å²) in [6, 6.07) is 0.778. The molecule has 0 atom stereocenters. The number of nitrogens with zero attached hydrogens (tertiary/aromatic N) is 5. The lowest BCUT2D eigenvalue weighted by Gasteiger charge is -2.23. The van der Waals surface area contributed by atoms with Gasteiger partial charge in [-0.15, -0.1) is 0 Å². The Hall–Kier alpha value is -2.39. The van der Waals surface area contributed by atoms with E-state index in [1.54, 1.807) is 6.92 Å². The van der Waals surface area contributed by atoms with Crippen LogP contribution in [0.3, 0.4) is 0 Å². The van der Waals surface area contributed by atoms with Crippen LogP contribution in [-0.2, 0) is 11.0 Å². The van der Waals surface area contributed by atoms with Gasteiger partial charge in [0.1, 0.15) is 18.7 Å². The Balaban J connectivity index is 2.58. The minimum Gasteiger partial charge on any atom is -0.480 e. The number of hydrogen-bond donors (Lipinski definition) is 1. The molecule has 0 radical (unpaired) electrons. The second-order valence-electron chi connectivity index (χ2n) is 4.28. The monoisotopic (exact) mass is 303 g/mol. The summed E-state index contributed by atoms with van der Waals surface area (Å²) >= 11 is 0. The van der Waals surface area contributed by atoms with E-state index in [0.717, 1.165) is 16.9 Å². The summed E-state index contributed by atoms with van der Waals surface area (Å²) in [5, 5.41) is 12.7. The van der Waals surface area contributed by atoms with Gasteiger partial charge in [-0.1, -0.05) is 6.92 Å². The van der Waals surface area contributed by atoms with Crippen LogP contribution in [0.25, 0.3) is 5.78 Å². The Morgan fingerprint density at radius 2 is 2.19 bits per heavy atom.